The van der Waals surface area contributed by atoms with Crippen LogP contribution in [0, 0.1) is 11.6 Å². The molecule has 2 heterocycles. The fourth-order valence-corrected chi connectivity index (χ4v) is 3.28. The van der Waals surface area contributed by atoms with E-state index in [0.717, 1.165) is 12.1 Å². The van der Waals surface area contributed by atoms with Crippen LogP contribution >= 0.6 is 0 Å². The summed E-state index contributed by atoms with van der Waals surface area (Å²) in [5, 5.41) is 12.2. The molecule has 0 atom stereocenters. The van der Waals surface area contributed by atoms with Crippen molar-refractivity contribution >= 4 is 17.3 Å². The van der Waals surface area contributed by atoms with Crippen molar-refractivity contribution in [3.63, 3.8) is 0 Å². The third kappa shape index (κ3) is 5.14. The van der Waals surface area contributed by atoms with Crippen LogP contribution in [-0.4, -0.2) is 53.1 Å². The predicted molar refractivity (Wildman–Crippen MR) is 101 cm³/mol. The van der Waals surface area contributed by atoms with E-state index < -0.39 is 29.5 Å². The Hall–Kier alpha value is -2.88. The normalized spacial score (nSPS) is 15.5. The maximum absolute atomic E-state index is 13.8. The topological polar surface area (TPSA) is 73.1 Å². The van der Waals surface area contributed by atoms with Gasteiger partial charge < -0.3 is 10.6 Å². The Kier molecular flexibility index (Phi) is 6.53. The molecule has 1 fully saturated rings. The van der Waals surface area contributed by atoms with E-state index in [9.17, 15) is 22.4 Å². The molecule has 156 valence electrons. The van der Waals surface area contributed by atoms with Crippen molar-refractivity contribution in [2.75, 3.05) is 25.0 Å². The largest absolute Gasteiger partial charge is 0.381 e. The van der Waals surface area contributed by atoms with Gasteiger partial charge in [0.15, 0.2) is 0 Å². The van der Waals surface area contributed by atoms with Crippen molar-refractivity contribution in [2.45, 2.75) is 25.3 Å². The second-order valence-corrected chi connectivity index (χ2v) is 6.80. The van der Waals surface area contributed by atoms with Gasteiger partial charge in [0.2, 0.25) is 0 Å². The van der Waals surface area contributed by atoms with Crippen LogP contribution in [0.25, 0.3) is 5.70 Å². The zero-order valence-corrected chi connectivity index (χ0v) is 15.5. The number of hydrogen-bond donors (Lipinski definition) is 3. The summed E-state index contributed by atoms with van der Waals surface area (Å²) in [6.45, 7) is 4.75. The van der Waals surface area contributed by atoms with E-state index in [2.05, 4.69) is 27.4 Å². The van der Waals surface area contributed by atoms with Gasteiger partial charge in [-0.25, -0.2) is 17.6 Å². The number of hydrogen-bond acceptors (Lipinski definition) is 4. The number of halogens is 4. The number of H-pyrrole nitrogens is 1. The third-order valence-corrected chi connectivity index (χ3v) is 4.74. The number of rotatable bonds is 7. The number of piperidine rings is 1. The van der Waals surface area contributed by atoms with E-state index in [1.54, 1.807) is 4.90 Å². The number of carbonyl (C=O) groups excluding carboxylic acids is 1. The molecule has 10 heteroatoms. The molecule has 1 aromatic heterocycles. The number of nitrogens with zero attached hydrogens (tertiary/aromatic N) is 2. The molecule has 3 rings (SSSR count). The second kappa shape index (κ2) is 9.08. The molecule has 0 bridgehead atoms. The lowest BCUT2D eigenvalue weighted by Crippen LogP contribution is -2.43. The van der Waals surface area contributed by atoms with E-state index in [0.29, 0.717) is 37.3 Å². The molecule has 1 amide bonds. The first-order valence-electron chi connectivity index (χ1n) is 9.10. The summed E-state index contributed by atoms with van der Waals surface area (Å²) in [5.74, 6) is -2.89. The van der Waals surface area contributed by atoms with E-state index >= 15 is 0 Å². The van der Waals surface area contributed by atoms with Crippen molar-refractivity contribution in [1.82, 2.24) is 20.4 Å². The average Bonchev–Trinajstić information content (AvgIpc) is 3.11. The van der Waals surface area contributed by atoms with Crippen molar-refractivity contribution in [2.24, 2.45) is 0 Å². The molecule has 0 unspecified atom stereocenters. The van der Waals surface area contributed by atoms with Gasteiger partial charge in [0.05, 0.1) is 24.1 Å². The summed E-state index contributed by atoms with van der Waals surface area (Å²) >= 11 is 0. The highest BCUT2D eigenvalue weighted by Gasteiger charge is 2.23. The van der Waals surface area contributed by atoms with Gasteiger partial charge >= 0.3 is 0 Å². The van der Waals surface area contributed by atoms with E-state index in [1.165, 1.54) is 12.3 Å². The lowest BCUT2D eigenvalue weighted by Gasteiger charge is -2.32. The number of amides is 1. The minimum absolute atomic E-state index is 0.0206. The lowest BCUT2D eigenvalue weighted by molar-refractivity contribution is 0.0743. The molecule has 2 aromatic rings. The fourth-order valence-electron chi connectivity index (χ4n) is 3.28. The molecule has 3 N–H and O–H groups in total. The number of aromatic nitrogens is 2. The molecular formula is C19H21F4N5O. The highest BCUT2D eigenvalue weighted by Crippen LogP contribution is 2.22. The third-order valence-electron chi connectivity index (χ3n) is 4.74. The van der Waals surface area contributed by atoms with Crippen LogP contribution < -0.4 is 10.6 Å². The SMILES string of the molecule is C=C(NC1CCN(CC(F)F)CC1)c1[nH]ncc1NC(=O)c1c(F)cccc1F. The van der Waals surface area contributed by atoms with Crippen LogP contribution in [0.15, 0.2) is 31.0 Å². The molecule has 1 aromatic carbocycles. The molecule has 29 heavy (non-hydrogen) atoms. The maximum Gasteiger partial charge on any atom is 0.261 e. The van der Waals surface area contributed by atoms with Crippen LogP contribution in [0.1, 0.15) is 28.9 Å². The van der Waals surface area contributed by atoms with Gasteiger partial charge in [0, 0.05) is 19.1 Å². The minimum Gasteiger partial charge on any atom is -0.381 e. The summed E-state index contributed by atoms with van der Waals surface area (Å²) in [6.07, 6.45) is 0.263. The summed E-state index contributed by atoms with van der Waals surface area (Å²) in [4.78, 5) is 14.0. The molecule has 1 saturated heterocycles. The zero-order valence-electron chi connectivity index (χ0n) is 15.5. The first kappa shape index (κ1) is 20.8. The van der Waals surface area contributed by atoms with Gasteiger partial charge in [-0.1, -0.05) is 12.6 Å². The number of benzene rings is 1. The van der Waals surface area contributed by atoms with Gasteiger partial charge in [-0.2, -0.15) is 5.10 Å². The van der Waals surface area contributed by atoms with Gasteiger partial charge in [-0.3, -0.25) is 14.8 Å². The van der Waals surface area contributed by atoms with Crippen LogP contribution in [-0.2, 0) is 0 Å². The van der Waals surface area contributed by atoms with Crippen LogP contribution in [0.2, 0.25) is 0 Å². The van der Waals surface area contributed by atoms with Crippen LogP contribution in [0.4, 0.5) is 23.2 Å². The van der Waals surface area contributed by atoms with E-state index in [4.69, 9.17) is 0 Å². The highest BCUT2D eigenvalue weighted by molar-refractivity contribution is 6.05. The molecule has 0 saturated carbocycles. The Morgan fingerprint density at radius 2 is 1.93 bits per heavy atom. The monoisotopic (exact) mass is 411 g/mol. The Morgan fingerprint density at radius 3 is 2.55 bits per heavy atom. The molecule has 0 aliphatic carbocycles. The molecule has 6 nitrogen and oxygen atoms in total. The second-order valence-electron chi connectivity index (χ2n) is 6.80. The van der Waals surface area contributed by atoms with Gasteiger partial charge in [0.1, 0.15) is 22.9 Å². The van der Waals surface area contributed by atoms with Gasteiger partial charge in [0.25, 0.3) is 12.3 Å². The van der Waals surface area contributed by atoms with Crippen LogP contribution in [0.3, 0.4) is 0 Å². The first-order valence-corrected chi connectivity index (χ1v) is 9.10. The van der Waals surface area contributed by atoms with Crippen molar-refractivity contribution < 1.29 is 22.4 Å². The van der Waals surface area contributed by atoms with Gasteiger partial charge in [-0.05, 0) is 25.0 Å². The zero-order chi connectivity index (χ0) is 21.0. The predicted octanol–water partition coefficient (Wildman–Crippen LogP) is 3.23. The van der Waals surface area contributed by atoms with Crippen LogP contribution in [0.5, 0.6) is 0 Å². The lowest BCUT2D eigenvalue weighted by atomic mass is 10.0. The summed E-state index contributed by atoms with van der Waals surface area (Å²) in [7, 11) is 0. The molecule has 1 aliphatic heterocycles. The minimum atomic E-state index is -2.36. The van der Waals surface area contributed by atoms with Gasteiger partial charge in [-0.15, -0.1) is 0 Å². The van der Waals surface area contributed by atoms with E-state index in [-0.39, 0.29) is 18.3 Å². The molecule has 1 aliphatic rings. The molecule has 0 spiro atoms. The first-order chi connectivity index (χ1) is 13.8. The Labute approximate surface area is 165 Å². The van der Waals surface area contributed by atoms with Crippen molar-refractivity contribution in [1.29, 1.82) is 0 Å². The van der Waals surface area contributed by atoms with Crippen molar-refractivity contribution in [3.05, 3.63) is 53.9 Å². The Morgan fingerprint density at radius 1 is 1.28 bits per heavy atom. The summed E-state index contributed by atoms with van der Waals surface area (Å²) in [5.41, 5.74) is 0.319. The smallest absolute Gasteiger partial charge is 0.261 e. The Bertz CT molecular complexity index is 857. The molecule has 0 radical (unpaired) electrons. The quantitative estimate of drug-likeness (QED) is 0.612. The summed E-state index contributed by atoms with van der Waals surface area (Å²) < 4.78 is 52.5. The standard InChI is InChI=1S/C19H21F4N5O/c1-11(25-12-5-7-28(8-6-12)10-16(22)23)18-15(9-24-27-18)26-19(29)17-13(20)3-2-4-14(17)21/h2-4,9,12,16,25H,1,5-8,10H2,(H,24,27)(H,26,29). The maximum atomic E-state index is 13.8. The summed E-state index contributed by atoms with van der Waals surface area (Å²) in [6, 6.07) is 3.18. The van der Waals surface area contributed by atoms with Crippen molar-refractivity contribution in [3.8, 4) is 0 Å². The number of aromatic amines is 1. The Balaban J connectivity index is 1.61. The number of alkyl halides is 2. The number of nitrogens with one attached hydrogen (secondary N) is 3. The fraction of sp³-hybridized carbons (Fsp3) is 0.368. The number of carbonyl (C=O) groups is 1. The number of anilines is 1. The van der Waals surface area contributed by atoms with E-state index in [1.807, 2.05) is 0 Å². The molecular weight excluding hydrogens is 390 g/mol. The highest BCUT2D eigenvalue weighted by atomic mass is 19.3. The average molecular weight is 411 g/mol. The number of likely N-dealkylation sites (tertiary alicyclic amines) is 1.